The fourth-order valence-electron chi connectivity index (χ4n) is 1.37. The molecule has 0 aromatic heterocycles. The van der Waals surface area contributed by atoms with Crippen LogP contribution in [0.2, 0.25) is 0 Å². The van der Waals surface area contributed by atoms with Gasteiger partial charge in [0.1, 0.15) is 0 Å². The van der Waals surface area contributed by atoms with Crippen LogP contribution in [0, 0.1) is 6.54 Å². The van der Waals surface area contributed by atoms with Gasteiger partial charge >= 0.3 is 0 Å². The van der Waals surface area contributed by atoms with E-state index in [0.717, 1.165) is 13.1 Å². The maximum absolute atomic E-state index is 5.24. The summed E-state index contributed by atoms with van der Waals surface area (Å²) in [5.41, 5.74) is 0. The highest BCUT2D eigenvalue weighted by Crippen LogP contribution is 2.12. The van der Waals surface area contributed by atoms with E-state index in [-0.39, 0.29) is 0 Å². The molecule has 0 atom stereocenters. The minimum atomic E-state index is 0.510. The molecule has 59 valence electrons. The zero-order valence-electron chi connectivity index (χ0n) is 6.84. The average molecular weight is 142 g/mol. The van der Waals surface area contributed by atoms with Crippen LogP contribution in [0.5, 0.6) is 0 Å². The molecule has 1 heterocycles. The van der Waals surface area contributed by atoms with Crippen molar-refractivity contribution >= 4 is 0 Å². The molecule has 0 aromatic carbocycles. The summed E-state index contributed by atoms with van der Waals surface area (Å²) < 4.78 is 5.24. The molecule has 2 heteroatoms. The van der Waals surface area contributed by atoms with Crippen LogP contribution < -0.4 is 0 Å². The van der Waals surface area contributed by atoms with Gasteiger partial charge in [-0.1, -0.05) is 0 Å². The van der Waals surface area contributed by atoms with Crippen molar-refractivity contribution in [1.29, 1.82) is 0 Å². The Bertz CT molecular complexity index is 75.3. The lowest BCUT2D eigenvalue weighted by molar-refractivity contribution is 0.0493. The van der Waals surface area contributed by atoms with Gasteiger partial charge in [0.25, 0.3) is 0 Å². The molecule has 2 nitrogen and oxygen atoms in total. The normalized spacial score (nSPS) is 23.4. The lowest BCUT2D eigenvalue weighted by Gasteiger charge is -2.29. The average Bonchev–Trinajstić information content (AvgIpc) is 2.05. The van der Waals surface area contributed by atoms with Gasteiger partial charge in [0.15, 0.2) is 0 Å². The summed E-state index contributed by atoms with van der Waals surface area (Å²) in [6.07, 6.45) is 2.87. The zero-order valence-corrected chi connectivity index (χ0v) is 6.84. The number of likely N-dealkylation sites (tertiary alicyclic amines) is 1. The minimum Gasteiger partial charge on any atom is -0.381 e. The Morgan fingerprint density at radius 3 is 2.40 bits per heavy atom. The Kier molecular flexibility index (Phi) is 3.16. The first-order valence-corrected chi connectivity index (χ1v) is 3.93. The summed E-state index contributed by atoms with van der Waals surface area (Å²) in [5, 5.41) is 0. The van der Waals surface area contributed by atoms with Crippen LogP contribution in [0.3, 0.4) is 0 Å². The molecule has 1 fully saturated rings. The van der Waals surface area contributed by atoms with Crippen LogP contribution in [0.15, 0.2) is 0 Å². The standard InChI is InChI=1S/C8H16NO/c1-3-9-6-4-8(10-2)5-7-9/h3,8H,4-7H2,1-2H3. The first-order chi connectivity index (χ1) is 4.86. The maximum Gasteiger partial charge on any atom is 0.0595 e. The van der Waals surface area contributed by atoms with E-state index in [1.807, 2.05) is 0 Å². The summed E-state index contributed by atoms with van der Waals surface area (Å²) >= 11 is 0. The number of ether oxygens (including phenoxy) is 1. The van der Waals surface area contributed by atoms with Gasteiger partial charge in [-0.3, -0.25) is 4.90 Å². The largest absolute Gasteiger partial charge is 0.381 e. The molecule has 0 saturated carbocycles. The molecule has 0 bridgehead atoms. The van der Waals surface area contributed by atoms with Gasteiger partial charge in [0, 0.05) is 26.7 Å². The lowest BCUT2D eigenvalue weighted by atomic mass is 10.1. The molecule has 10 heavy (non-hydrogen) atoms. The maximum atomic E-state index is 5.24. The number of piperidine rings is 1. The van der Waals surface area contributed by atoms with Gasteiger partial charge in [0.2, 0.25) is 0 Å². The van der Waals surface area contributed by atoms with E-state index >= 15 is 0 Å². The van der Waals surface area contributed by atoms with Crippen molar-refractivity contribution in [2.24, 2.45) is 0 Å². The van der Waals surface area contributed by atoms with Crippen molar-refractivity contribution in [2.75, 3.05) is 20.2 Å². The second kappa shape index (κ2) is 3.94. The van der Waals surface area contributed by atoms with E-state index in [1.54, 1.807) is 7.11 Å². The van der Waals surface area contributed by atoms with Crippen LogP contribution in [0.1, 0.15) is 19.8 Å². The quantitative estimate of drug-likeness (QED) is 0.576. The van der Waals surface area contributed by atoms with Gasteiger partial charge in [-0.2, -0.15) is 0 Å². The Morgan fingerprint density at radius 2 is 2.00 bits per heavy atom. The van der Waals surface area contributed by atoms with E-state index in [1.165, 1.54) is 12.8 Å². The number of hydrogen-bond donors (Lipinski definition) is 0. The van der Waals surface area contributed by atoms with Gasteiger partial charge in [-0.05, 0) is 19.8 Å². The third-order valence-corrected chi connectivity index (χ3v) is 2.18. The smallest absolute Gasteiger partial charge is 0.0595 e. The summed E-state index contributed by atoms with van der Waals surface area (Å²) in [6.45, 7) is 6.57. The SMILES string of the molecule is C[CH]N1CCC(OC)CC1. The van der Waals surface area contributed by atoms with E-state index in [4.69, 9.17) is 4.74 Å². The van der Waals surface area contributed by atoms with Crippen molar-refractivity contribution in [3.63, 3.8) is 0 Å². The number of hydrogen-bond acceptors (Lipinski definition) is 2. The molecule has 1 rings (SSSR count). The number of methoxy groups -OCH3 is 1. The molecule has 0 unspecified atom stereocenters. The number of nitrogens with zero attached hydrogens (tertiary/aromatic N) is 1. The Balaban J connectivity index is 2.17. The van der Waals surface area contributed by atoms with Crippen LogP contribution in [0.4, 0.5) is 0 Å². The van der Waals surface area contributed by atoms with Crippen molar-refractivity contribution in [3.05, 3.63) is 6.54 Å². The molecular formula is C8H16NO. The molecule has 1 aliphatic heterocycles. The summed E-state index contributed by atoms with van der Waals surface area (Å²) in [6, 6.07) is 0. The first kappa shape index (κ1) is 8.02. The van der Waals surface area contributed by atoms with Gasteiger partial charge < -0.3 is 4.74 Å². The number of rotatable bonds is 2. The highest BCUT2D eigenvalue weighted by molar-refractivity contribution is 4.74. The third-order valence-electron chi connectivity index (χ3n) is 2.18. The van der Waals surface area contributed by atoms with Crippen LogP contribution in [-0.4, -0.2) is 31.2 Å². The van der Waals surface area contributed by atoms with Crippen LogP contribution in [0.25, 0.3) is 0 Å². The zero-order chi connectivity index (χ0) is 7.40. The van der Waals surface area contributed by atoms with Crippen molar-refractivity contribution in [3.8, 4) is 0 Å². The van der Waals surface area contributed by atoms with E-state index in [2.05, 4.69) is 18.4 Å². The summed E-state index contributed by atoms with van der Waals surface area (Å²) in [4.78, 5) is 2.34. The monoisotopic (exact) mass is 142 g/mol. The fourth-order valence-corrected chi connectivity index (χ4v) is 1.37. The van der Waals surface area contributed by atoms with Gasteiger partial charge in [0.05, 0.1) is 6.10 Å². The van der Waals surface area contributed by atoms with E-state index < -0.39 is 0 Å². The highest BCUT2D eigenvalue weighted by Gasteiger charge is 2.16. The van der Waals surface area contributed by atoms with Gasteiger partial charge in [-0.15, -0.1) is 0 Å². The van der Waals surface area contributed by atoms with Crippen LogP contribution >= 0.6 is 0 Å². The molecule has 1 saturated heterocycles. The Morgan fingerprint density at radius 1 is 1.40 bits per heavy atom. The van der Waals surface area contributed by atoms with Gasteiger partial charge in [-0.25, -0.2) is 0 Å². The predicted molar refractivity (Wildman–Crippen MR) is 41.6 cm³/mol. The molecule has 1 radical (unpaired) electrons. The molecule has 0 N–H and O–H groups in total. The summed E-state index contributed by atoms with van der Waals surface area (Å²) in [5.74, 6) is 0. The third kappa shape index (κ3) is 1.96. The molecule has 0 spiro atoms. The van der Waals surface area contributed by atoms with E-state index in [0.29, 0.717) is 6.10 Å². The fraction of sp³-hybridized carbons (Fsp3) is 0.875. The lowest BCUT2D eigenvalue weighted by Crippen LogP contribution is -2.34. The van der Waals surface area contributed by atoms with Crippen molar-refractivity contribution < 1.29 is 4.74 Å². The van der Waals surface area contributed by atoms with Crippen molar-refractivity contribution in [1.82, 2.24) is 4.90 Å². The molecule has 0 aromatic rings. The Hall–Kier alpha value is -0.0800. The molecule has 1 aliphatic rings. The first-order valence-electron chi connectivity index (χ1n) is 3.93. The molecule has 0 aliphatic carbocycles. The predicted octanol–water partition coefficient (Wildman–Crippen LogP) is 1.28. The topological polar surface area (TPSA) is 12.5 Å². The molecular weight excluding hydrogens is 126 g/mol. The molecule has 0 amide bonds. The second-order valence-corrected chi connectivity index (χ2v) is 2.73. The van der Waals surface area contributed by atoms with Crippen molar-refractivity contribution in [2.45, 2.75) is 25.9 Å². The second-order valence-electron chi connectivity index (χ2n) is 2.73. The highest BCUT2D eigenvalue weighted by atomic mass is 16.5. The Labute approximate surface area is 63.2 Å². The minimum absolute atomic E-state index is 0.510. The van der Waals surface area contributed by atoms with Crippen LogP contribution in [-0.2, 0) is 4.74 Å². The van der Waals surface area contributed by atoms with E-state index in [9.17, 15) is 0 Å². The summed E-state index contributed by atoms with van der Waals surface area (Å²) in [7, 11) is 1.80.